The van der Waals surface area contributed by atoms with Gasteiger partial charge in [0.05, 0.1) is 11.1 Å². The third-order valence-corrected chi connectivity index (χ3v) is 6.50. The molecule has 3 heterocycles. The van der Waals surface area contributed by atoms with E-state index in [2.05, 4.69) is 15.5 Å². The molecule has 0 radical (unpaired) electrons. The Morgan fingerprint density at radius 1 is 0.879 bits per heavy atom. The lowest BCUT2D eigenvalue weighted by Crippen LogP contribution is -2.47. The van der Waals surface area contributed by atoms with Gasteiger partial charge in [-0.2, -0.15) is 0 Å². The smallest absolute Gasteiger partial charge is 0.321 e. The Labute approximate surface area is 193 Å². The normalized spacial score (nSPS) is 16.7. The number of hydrogen-bond donors (Lipinski definition) is 2. The highest BCUT2D eigenvalue weighted by atomic mass is 16.2. The van der Waals surface area contributed by atoms with Crippen LogP contribution in [0.2, 0.25) is 0 Å². The predicted octanol–water partition coefficient (Wildman–Crippen LogP) is 4.26. The fourth-order valence-electron chi connectivity index (χ4n) is 4.66. The van der Waals surface area contributed by atoms with E-state index in [9.17, 15) is 9.59 Å². The van der Waals surface area contributed by atoms with E-state index in [-0.39, 0.29) is 18.0 Å². The van der Waals surface area contributed by atoms with Gasteiger partial charge in [-0.1, -0.05) is 36.4 Å². The molecule has 1 aromatic heterocycles. The molecule has 2 aliphatic heterocycles. The van der Waals surface area contributed by atoms with Crippen LogP contribution in [0.25, 0.3) is 10.9 Å². The Hall–Kier alpha value is -3.61. The number of likely N-dealkylation sites (tertiary alicyclic amines) is 1. The van der Waals surface area contributed by atoms with Gasteiger partial charge in [-0.15, -0.1) is 0 Å². The van der Waals surface area contributed by atoms with Crippen LogP contribution in [0.1, 0.15) is 36.0 Å². The van der Waals surface area contributed by atoms with E-state index in [1.807, 2.05) is 65.6 Å². The van der Waals surface area contributed by atoms with E-state index >= 15 is 0 Å². The molecule has 0 aliphatic carbocycles. The predicted molar refractivity (Wildman–Crippen MR) is 131 cm³/mol. The Bertz CT molecular complexity index is 1140. The lowest BCUT2D eigenvalue weighted by molar-refractivity contribution is 0.0919. The number of para-hydroxylation sites is 2. The zero-order valence-corrected chi connectivity index (χ0v) is 18.7. The molecule has 7 heteroatoms. The van der Waals surface area contributed by atoms with Crippen LogP contribution >= 0.6 is 0 Å². The van der Waals surface area contributed by atoms with Crippen LogP contribution in [-0.2, 0) is 0 Å². The SMILES string of the molecule is O=C(NC1CCN(C(=O)Nc2ccccc2)CC1)c1cc2ccccc2nc1N1CCCC1. The summed E-state index contributed by atoms with van der Waals surface area (Å²) in [6.45, 7) is 3.08. The van der Waals surface area contributed by atoms with Gasteiger partial charge in [-0.05, 0) is 49.9 Å². The van der Waals surface area contributed by atoms with Crippen molar-refractivity contribution in [3.8, 4) is 0 Å². The number of piperidine rings is 1. The van der Waals surface area contributed by atoms with Crippen LogP contribution in [0.4, 0.5) is 16.3 Å². The van der Waals surface area contributed by atoms with Gasteiger partial charge in [-0.3, -0.25) is 4.79 Å². The van der Waals surface area contributed by atoms with Crippen LogP contribution < -0.4 is 15.5 Å². The standard InChI is InChI=1S/C26H29N5O2/c32-25(22-18-19-8-4-5-11-23(19)29-24(22)30-14-6-7-15-30)27-21-12-16-31(17-13-21)26(33)28-20-9-2-1-3-10-20/h1-5,8-11,18,21H,6-7,12-17H2,(H,27,32)(H,28,33). The second-order valence-corrected chi connectivity index (χ2v) is 8.78. The summed E-state index contributed by atoms with van der Waals surface area (Å²) < 4.78 is 0. The number of urea groups is 1. The molecule has 2 aliphatic rings. The molecule has 2 aromatic carbocycles. The molecule has 2 N–H and O–H groups in total. The number of amides is 3. The maximum absolute atomic E-state index is 13.3. The van der Waals surface area contributed by atoms with Gasteiger partial charge >= 0.3 is 6.03 Å². The van der Waals surface area contributed by atoms with Crippen molar-refractivity contribution in [1.82, 2.24) is 15.2 Å². The molecule has 5 rings (SSSR count). The van der Waals surface area contributed by atoms with Crippen molar-refractivity contribution >= 4 is 34.3 Å². The van der Waals surface area contributed by atoms with Gasteiger partial charge in [0, 0.05) is 43.3 Å². The molecule has 0 unspecified atom stereocenters. The van der Waals surface area contributed by atoms with Crippen molar-refractivity contribution in [2.24, 2.45) is 0 Å². The summed E-state index contributed by atoms with van der Waals surface area (Å²) >= 11 is 0. The molecule has 3 amide bonds. The van der Waals surface area contributed by atoms with Gasteiger partial charge < -0.3 is 20.4 Å². The molecule has 2 saturated heterocycles. The zero-order chi connectivity index (χ0) is 22.6. The summed E-state index contributed by atoms with van der Waals surface area (Å²) in [5.74, 6) is 0.700. The summed E-state index contributed by atoms with van der Waals surface area (Å²) in [6.07, 6.45) is 3.71. The zero-order valence-electron chi connectivity index (χ0n) is 18.7. The molecule has 2 fully saturated rings. The number of carbonyl (C=O) groups excluding carboxylic acids is 2. The van der Waals surface area contributed by atoms with Crippen molar-refractivity contribution in [2.45, 2.75) is 31.7 Å². The number of rotatable bonds is 4. The number of benzene rings is 2. The van der Waals surface area contributed by atoms with Crippen LogP contribution in [0.5, 0.6) is 0 Å². The summed E-state index contributed by atoms with van der Waals surface area (Å²) in [6, 6.07) is 19.3. The molecular weight excluding hydrogens is 414 g/mol. The van der Waals surface area contributed by atoms with Gasteiger partial charge in [0.25, 0.3) is 5.91 Å². The van der Waals surface area contributed by atoms with Gasteiger partial charge in [0.15, 0.2) is 0 Å². The Morgan fingerprint density at radius 2 is 1.58 bits per heavy atom. The summed E-state index contributed by atoms with van der Waals surface area (Å²) in [5.41, 5.74) is 2.34. The van der Waals surface area contributed by atoms with E-state index in [0.717, 1.165) is 61.2 Å². The molecule has 0 atom stereocenters. The highest BCUT2D eigenvalue weighted by molar-refractivity contribution is 6.02. The summed E-state index contributed by atoms with van der Waals surface area (Å²) in [5, 5.41) is 7.11. The van der Waals surface area contributed by atoms with E-state index in [4.69, 9.17) is 4.98 Å². The highest BCUT2D eigenvalue weighted by Gasteiger charge is 2.27. The highest BCUT2D eigenvalue weighted by Crippen LogP contribution is 2.27. The fourth-order valence-corrected chi connectivity index (χ4v) is 4.66. The topological polar surface area (TPSA) is 77.6 Å². The lowest BCUT2D eigenvalue weighted by atomic mass is 10.0. The average Bonchev–Trinajstić information content (AvgIpc) is 3.39. The number of pyridine rings is 1. The van der Waals surface area contributed by atoms with Crippen molar-refractivity contribution in [1.29, 1.82) is 0 Å². The van der Waals surface area contributed by atoms with Crippen LogP contribution in [-0.4, -0.2) is 54.0 Å². The average molecular weight is 444 g/mol. The summed E-state index contributed by atoms with van der Waals surface area (Å²) in [4.78, 5) is 34.7. The minimum absolute atomic E-state index is 0.0381. The number of aromatic nitrogens is 1. The minimum Gasteiger partial charge on any atom is -0.356 e. The first-order chi connectivity index (χ1) is 16.2. The first kappa shape index (κ1) is 21.2. The number of hydrogen-bond acceptors (Lipinski definition) is 4. The minimum atomic E-state index is -0.0963. The molecule has 170 valence electrons. The maximum atomic E-state index is 13.3. The van der Waals surface area contributed by atoms with E-state index in [1.54, 1.807) is 0 Å². The van der Waals surface area contributed by atoms with Crippen LogP contribution in [0, 0.1) is 0 Å². The number of nitrogens with one attached hydrogen (secondary N) is 2. The molecule has 7 nitrogen and oxygen atoms in total. The number of anilines is 2. The molecule has 3 aromatic rings. The lowest BCUT2D eigenvalue weighted by Gasteiger charge is -2.32. The van der Waals surface area contributed by atoms with Crippen molar-refractivity contribution < 1.29 is 9.59 Å². The van der Waals surface area contributed by atoms with E-state index in [1.165, 1.54) is 0 Å². The third kappa shape index (κ3) is 4.77. The van der Waals surface area contributed by atoms with E-state index in [0.29, 0.717) is 18.7 Å². The first-order valence-electron chi connectivity index (χ1n) is 11.7. The monoisotopic (exact) mass is 443 g/mol. The summed E-state index contributed by atoms with van der Waals surface area (Å²) in [7, 11) is 0. The molecule has 0 spiro atoms. The molecule has 0 bridgehead atoms. The Morgan fingerprint density at radius 3 is 2.33 bits per heavy atom. The Kier molecular flexibility index (Phi) is 6.11. The van der Waals surface area contributed by atoms with Crippen LogP contribution in [0.15, 0.2) is 60.7 Å². The number of nitrogens with zero attached hydrogens (tertiary/aromatic N) is 3. The quantitative estimate of drug-likeness (QED) is 0.632. The van der Waals surface area contributed by atoms with Crippen LogP contribution in [0.3, 0.4) is 0 Å². The van der Waals surface area contributed by atoms with E-state index < -0.39 is 0 Å². The van der Waals surface area contributed by atoms with Gasteiger partial charge in [-0.25, -0.2) is 9.78 Å². The number of fused-ring (bicyclic) bond motifs is 1. The van der Waals surface area contributed by atoms with Gasteiger partial charge in [0.2, 0.25) is 0 Å². The molecular formula is C26H29N5O2. The Balaban J connectivity index is 1.25. The second-order valence-electron chi connectivity index (χ2n) is 8.78. The second kappa shape index (κ2) is 9.48. The van der Waals surface area contributed by atoms with Crippen molar-refractivity contribution in [3.63, 3.8) is 0 Å². The van der Waals surface area contributed by atoms with Crippen molar-refractivity contribution in [2.75, 3.05) is 36.4 Å². The maximum Gasteiger partial charge on any atom is 0.321 e. The molecule has 0 saturated carbocycles. The first-order valence-corrected chi connectivity index (χ1v) is 11.7. The van der Waals surface area contributed by atoms with Gasteiger partial charge in [0.1, 0.15) is 5.82 Å². The number of carbonyl (C=O) groups is 2. The largest absolute Gasteiger partial charge is 0.356 e. The van der Waals surface area contributed by atoms with Crippen molar-refractivity contribution in [3.05, 3.63) is 66.2 Å². The fraction of sp³-hybridized carbons (Fsp3) is 0.346. The third-order valence-electron chi connectivity index (χ3n) is 6.50. The molecule has 33 heavy (non-hydrogen) atoms.